The van der Waals surface area contributed by atoms with E-state index in [1.165, 1.54) is 0 Å². The summed E-state index contributed by atoms with van der Waals surface area (Å²) >= 11 is 0. The second kappa shape index (κ2) is 3.85. The van der Waals surface area contributed by atoms with Crippen LogP contribution in [-0.2, 0) is 4.84 Å². The van der Waals surface area contributed by atoms with Gasteiger partial charge in [0.15, 0.2) is 0 Å². The molecule has 0 fully saturated rings. The molecule has 0 radical (unpaired) electrons. The molecule has 0 amide bonds. The molecular weight excluding hydrogens is 242 g/mol. The van der Waals surface area contributed by atoms with E-state index in [0.717, 1.165) is 28.5 Å². The van der Waals surface area contributed by atoms with Crippen LogP contribution in [0.3, 0.4) is 0 Å². The molecule has 5 heteroatoms. The molecule has 2 aromatic rings. The smallest absolute Gasteiger partial charge is 0.226 e. The maximum Gasteiger partial charge on any atom is 0.226 e. The van der Waals surface area contributed by atoms with E-state index in [4.69, 9.17) is 9.57 Å². The number of hydrogen-bond acceptors (Lipinski definition) is 4. The van der Waals surface area contributed by atoms with Gasteiger partial charge in [-0.25, -0.2) is 4.68 Å². The highest BCUT2D eigenvalue weighted by atomic mass is 16.6. The van der Waals surface area contributed by atoms with E-state index < -0.39 is 0 Å². The van der Waals surface area contributed by atoms with Gasteiger partial charge in [-0.15, -0.1) is 0 Å². The summed E-state index contributed by atoms with van der Waals surface area (Å²) < 4.78 is 7.72. The van der Waals surface area contributed by atoms with Crippen LogP contribution in [0, 0.1) is 12.8 Å². The summed E-state index contributed by atoms with van der Waals surface area (Å²) in [5, 5.41) is 8.73. The van der Waals surface area contributed by atoms with E-state index in [1.54, 1.807) is 0 Å². The quantitative estimate of drug-likeness (QED) is 0.782. The van der Waals surface area contributed by atoms with Gasteiger partial charge in [0, 0.05) is 0 Å². The van der Waals surface area contributed by atoms with Gasteiger partial charge in [0.2, 0.25) is 5.88 Å². The van der Waals surface area contributed by atoms with Crippen molar-refractivity contribution in [3.05, 3.63) is 41.6 Å². The van der Waals surface area contributed by atoms with Crippen LogP contribution in [-0.4, -0.2) is 28.7 Å². The summed E-state index contributed by atoms with van der Waals surface area (Å²) in [6.07, 6.45) is 0. The van der Waals surface area contributed by atoms with Crippen LogP contribution in [0.4, 0.5) is 0 Å². The molecule has 4 rings (SSSR count). The number of para-hydroxylation sites is 1. The fourth-order valence-corrected chi connectivity index (χ4v) is 2.59. The van der Waals surface area contributed by atoms with E-state index in [2.05, 4.69) is 10.3 Å². The minimum atomic E-state index is 0.236. The Labute approximate surface area is 110 Å². The van der Waals surface area contributed by atoms with Gasteiger partial charge >= 0.3 is 0 Å². The Morgan fingerprint density at radius 3 is 2.89 bits per heavy atom. The van der Waals surface area contributed by atoms with E-state index in [0.29, 0.717) is 13.2 Å². The Morgan fingerprint density at radius 1 is 1.21 bits per heavy atom. The lowest BCUT2D eigenvalue weighted by molar-refractivity contribution is 0.135. The van der Waals surface area contributed by atoms with E-state index in [1.807, 2.05) is 41.9 Å². The van der Waals surface area contributed by atoms with Crippen LogP contribution in [0.15, 0.2) is 35.5 Å². The van der Waals surface area contributed by atoms with Crippen molar-refractivity contribution in [1.82, 2.24) is 9.78 Å². The summed E-state index contributed by atoms with van der Waals surface area (Å²) in [5.41, 5.74) is 3.87. The van der Waals surface area contributed by atoms with Gasteiger partial charge in [0.05, 0.1) is 22.9 Å². The van der Waals surface area contributed by atoms with Crippen molar-refractivity contribution in [2.24, 2.45) is 11.1 Å². The number of ether oxygens (including phenoxy) is 1. The SMILES string of the molecule is Cc1nn(-c2ccccc2)c2c1C1=NOCC1CO2. The topological polar surface area (TPSA) is 48.6 Å². The van der Waals surface area contributed by atoms with Gasteiger partial charge in [-0.2, -0.15) is 5.10 Å². The van der Waals surface area contributed by atoms with Crippen LogP contribution >= 0.6 is 0 Å². The maximum absolute atomic E-state index is 5.88. The molecule has 0 saturated carbocycles. The number of fused-ring (bicyclic) bond motifs is 3. The normalized spacial score (nSPS) is 20.1. The molecule has 96 valence electrons. The van der Waals surface area contributed by atoms with Gasteiger partial charge in [-0.3, -0.25) is 0 Å². The summed E-state index contributed by atoms with van der Waals surface area (Å²) in [6, 6.07) is 9.98. The predicted molar refractivity (Wildman–Crippen MR) is 69.8 cm³/mol. The molecule has 1 aromatic heterocycles. The summed E-state index contributed by atoms with van der Waals surface area (Å²) in [4.78, 5) is 5.19. The number of nitrogens with zero attached hydrogens (tertiary/aromatic N) is 3. The van der Waals surface area contributed by atoms with Gasteiger partial charge in [0.25, 0.3) is 0 Å². The molecule has 1 aromatic carbocycles. The molecule has 3 heterocycles. The molecule has 2 aliphatic rings. The van der Waals surface area contributed by atoms with Gasteiger partial charge in [0.1, 0.15) is 18.9 Å². The predicted octanol–water partition coefficient (Wildman–Crippen LogP) is 1.92. The van der Waals surface area contributed by atoms with Gasteiger partial charge in [-0.1, -0.05) is 23.4 Å². The standard InChI is InChI=1S/C14H13N3O2/c1-9-12-13-10(8-19-16-13)7-18-14(12)17(15-9)11-5-3-2-4-6-11/h2-6,10H,7-8H2,1H3. The summed E-state index contributed by atoms with van der Waals surface area (Å²) in [7, 11) is 0. The first-order chi connectivity index (χ1) is 9.34. The molecule has 19 heavy (non-hydrogen) atoms. The zero-order valence-electron chi connectivity index (χ0n) is 10.5. The fraction of sp³-hybridized carbons (Fsp3) is 0.286. The first-order valence-electron chi connectivity index (χ1n) is 6.32. The third-order valence-corrected chi connectivity index (χ3v) is 3.52. The Hall–Kier alpha value is -2.30. The first kappa shape index (κ1) is 10.6. The van der Waals surface area contributed by atoms with Crippen molar-refractivity contribution in [3.63, 3.8) is 0 Å². The molecule has 5 nitrogen and oxygen atoms in total. The molecule has 0 bridgehead atoms. The van der Waals surface area contributed by atoms with Crippen molar-refractivity contribution >= 4 is 5.71 Å². The number of aromatic nitrogens is 2. The van der Waals surface area contributed by atoms with E-state index in [9.17, 15) is 0 Å². The number of benzene rings is 1. The van der Waals surface area contributed by atoms with Crippen LogP contribution in [0.1, 0.15) is 11.3 Å². The lowest BCUT2D eigenvalue weighted by Gasteiger charge is -2.19. The molecule has 0 spiro atoms. The molecule has 1 unspecified atom stereocenters. The molecule has 0 aliphatic carbocycles. The molecule has 0 N–H and O–H groups in total. The molecule has 0 saturated heterocycles. The number of rotatable bonds is 1. The molecule has 2 aliphatic heterocycles. The molecule has 1 atom stereocenters. The average Bonchev–Trinajstić information content (AvgIpc) is 3.04. The van der Waals surface area contributed by atoms with Gasteiger partial charge < -0.3 is 9.57 Å². The Balaban J connectivity index is 1.91. The zero-order chi connectivity index (χ0) is 12.8. The molecular formula is C14H13N3O2. The van der Waals surface area contributed by atoms with Crippen molar-refractivity contribution in [2.45, 2.75) is 6.92 Å². The Morgan fingerprint density at radius 2 is 2.05 bits per heavy atom. The first-order valence-corrected chi connectivity index (χ1v) is 6.32. The summed E-state index contributed by atoms with van der Waals surface area (Å²) in [6.45, 7) is 3.18. The highest BCUT2D eigenvalue weighted by Gasteiger charge is 2.36. The monoisotopic (exact) mass is 255 g/mol. The number of aryl methyl sites for hydroxylation is 1. The Kier molecular flexibility index (Phi) is 2.15. The average molecular weight is 255 g/mol. The minimum absolute atomic E-state index is 0.236. The number of hydrogen-bond donors (Lipinski definition) is 0. The second-order valence-corrected chi connectivity index (χ2v) is 4.79. The van der Waals surface area contributed by atoms with Crippen LogP contribution in [0.5, 0.6) is 5.88 Å². The van der Waals surface area contributed by atoms with E-state index >= 15 is 0 Å². The Bertz CT molecular complexity index is 661. The minimum Gasteiger partial charge on any atom is -0.476 e. The largest absolute Gasteiger partial charge is 0.476 e. The van der Waals surface area contributed by atoms with Crippen LogP contribution in [0.2, 0.25) is 0 Å². The van der Waals surface area contributed by atoms with Crippen molar-refractivity contribution < 1.29 is 9.57 Å². The lowest BCUT2D eigenvalue weighted by atomic mass is 9.97. The third kappa shape index (κ3) is 1.47. The lowest BCUT2D eigenvalue weighted by Crippen LogP contribution is -2.28. The van der Waals surface area contributed by atoms with Crippen molar-refractivity contribution in [2.75, 3.05) is 13.2 Å². The third-order valence-electron chi connectivity index (χ3n) is 3.52. The zero-order valence-corrected chi connectivity index (χ0v) is 10.5. The maximum atomic E-state index is 5.88. The van der Waals surface area contributed by atoms with E-state index in [-0.39, 0.29) is 5.92 Å². The van der Waals surface area contributed by atoms with Crippen LogP contribution < -0.4 is 4.74 Å². The highest BCUT2D eigenvalue weighted by Crippen LogP contribution is 2.34. The number of oxime groups is 1. The fourth-order valence-electron chi connectivity index (χ4n) is 2.59. The summed E-state index contributed by atoms with van der Waals surface area (Å²) in [5.74, 6) is 1.00. The van der Waals surface area contributed by atoms with Crippen LogP contribution in [0.25, 0.3) is 5.69 Å². The van der Waals surface area contributed by atoms with Gasteiger partial charge in [-0.05, 0) is 19.1 Å². The van der Waals surface area contributed by atoms with Crippen molar-refractivity contribution in [3.8, 4) is 11.6 Å². The second-order valence-electron chi connectivity index (χ2n) is 4.79. The highest BCUT2D eigenvalue weighted by molar-refractivity contribution is 6.06. The van der Waals surface area contributed by atoms with Crippen molar-refractivity contribution in [1.29, 1.82) is 0 Å².